The van der Waals surface area contributed by atoms with Crippen molar-refractivity contribution in [1.82, 2.24) is 5.16 Å². The second-order valence-electron chi connectivity index (χ2n) is 2.95. The van der Waals surface area contributed by atoms with Crippen LogP contribution >= 0.6 is 0 Å². The first-order valence-corrected chi connectivity index (χ1v) is 4.40. The smallest absolute Gasteiger partial charge is 0.303 e. The SMILES string of the molecule is O=C(O)CCCCCc1ccon1. The highest BCUT2D eigenvalue weighted by atomic mass is 16.5. The van der Waals surface area contributed by atoms with Crippen molar-refractivity contribution in [2.75, 3.05) is 0 Å². The molecular weight excluding hydrogens is 170 g/mol. The van der Waals surface area contributed by atoms with Gasteiger partial charge in [0, 0.05) is 12.5 Å². The number of unbranched alkanes of at least 4 members (excludes halogenated alkanes) is 2. The zero-order chi connectivity index (χ0) is 9.52. The first kappa shape index (κ1) is 9.77. The fourth-order valence-electron chi connectivity index (χ4n) is 1.13. The molecule has 1 rings (SSSR count). The van der Waals surface area contributed by atoms with Crippen molar-refractivity contribution in [2.24, 2.45) is 0 Å². The van der Waals surface area contributed by atoms with E-state index in [0.29, 0.717) is 0 Å². The van der Waals surface area contributed by atoms with Crippen molar-refractivity contribution >= 4 is 5.97 Å². The van der Waals surface area contributed by atoms with E-state index in [0.717, 1.165) is 31.4 Å². The van der Waals surface area contributed by atoms with Gasteiger partial charge in [0.1, 0.15) is 6.26 Å². The van der Waals surface area contributed by atoms with Gasteiger partial charge in [0.2, 0.25) is 0 Å². The highest BCUT2D eigenvalue weighted by Crippen LogP contribution is 2.05. The standard InChI is InChI=1S/C9H13NO3/c11-9(12)5-3-1-2-4-8-6-7-13-10-8/h6-7H,1-5H2,(H,11,12). The number of nitrogens with zero attached hydrogens (tertiary/aromatic N) is 1. The Morgan fingerprint density at radius 2 is 2.31 bits per heavy atom. The lowest BCUT2D eigenvalue weighted by Gasteiger charge is -1.95. The number of aliphatic carboxylic acids is 1. The molecule has 0 spiro atoms. The molecule has 1 N–H and O–H groups in total. The summed E-state index contributed by atoms with van der Waals surface area (Å²) in [5.74, 6) is -0.721. The van der Waals surface area contributed by atoms with Crippen LogP contribution in [0.4, 0.5) is 0 Å². The molecule has 4 heteroatoms. The highest BCUT2D eigenvalue weighted by molar-refractivity contribution is 5.66. The van der Waals surface area contributed by atoms with Crippen LogP contribution in [0.1, 0.15) is 31.4 Å². The Hall–Kier alpha value is -1.32. The Bertz CT molecular complexity index is 243. The van der Waals surface area contributed by atoms with E-state index in [1.165, 1.54) is 0 Å². The van der Waals surface area contributed by atoms with E-state index in [2.05, 4.69) is 9.68 Å². The average Bonchev–Trinajstić information content (AvgIpc) is 2.55. The lowest BCUT2D eigenvalue weighted by Crippen LogP contribution is -1.94. The Balaban J connectivity index is 1.99. The zero-order valence-electron chi connectivity index (χ0n) is 7.40. The fourth-order valence-corrected chi connectivity index (χ4v) is 1.13. The molecule has 0 bridgehead atoms. The second-order valence-corrected chi connectivity index (χ2v) is 2.95. The van der Waals surface area contributed by atoms with Crippen molar-refractivity contribution in [3.63, 3.8) is 0 Å². The number of carbonyl (C=O) groups is 1. The summed E-state index contributed by atoms with van der Waals surface area (Å²) in [5.41, 5.74) is 0.940. The molecule has 0 unspecified atom stereocenters. The topological polar surface area (TPSA) is 63.3 Å². The minimum atomic E-state index is -0.721. The van der Waals surface area contributed by atoms with Gasteiger partial charge in [-0.15, -0.1) is 0 Å². The highest BCUT2D eigenvalue weighted by Gasteiger charge is 1.98. The number of hydrogen-bond acceptors (Lipinski definition) is 3. The lowest BCUT2D eigenvalue weighted by atomic mass is 10.1. The predicted molar refractivity (Wildman–Crippen MR) is 46.3 cm³/mol. The largest absolute Gasteiger partial charge is 0.481 e. The van der Waals surface area contributed by atoms with E-state index in [1.54, 1.807) is 6.26 Å². The monoisotopic (exact) mass is 183 g/mol. The van der Waals surface area contributed by atoms with Crippen molar-refractivity contribution in [2.45, 2.75) is 32.1 Å². The van der Waals surface area contributed by atoms with Crippen molar-refractivity contribution < 1.29 is 14.4 Å². The first-order chi connectivity index (χ1) is 6.29. The molecule has 0 aliphatic rings. The van der Waals surface area contributed by atoms with Crippen LogP contribution in [0, 0.1) is 0 Å². The van der Waals surface area contributed by atoms with Gasteiger partial charge in [-0.05, 0) is 19.3 Å². The molecule has 0 saturated heterocycles. The van der Waals surface area contributed by atoms with E-state index in [4.69, 9.17) is 5.11 Å². The number of rotatable bonds is 6. The Kier molecular flexibility index (Phi) is 4.02. The molecule has 1 heterocycles. The van der Waals surface area contributed by atoms with E-state index in [9.17, 15) is 4.79 Å². The summed E-state index contributed by atoms with van der Waals surface area (Å²) < 4.78 is 4.67. The predicted octanol–water partition coefficient (Wildman–Crippen LogP) is 1.86. The molecule has 1 aromatic heterocycles. The van der Waals surface area contributed by atoms with Gasteiger partial charge >= 0.3 is 5.97 Å². The summed E-state index contributed by atoms with van der Waals surface area (Å²) in [5, 5.41) is 12.1. The average molecular weight is 183 g/mol. The number of hydrogen-bond donors (Lipinski definition) is 1. The molecule has 13 heavy (non-hydrogen) atoms. The molecule has 0 aromatic carbocycles. The molecule has 0 atom stereocenters. The summed E-state index contributed by atoms with van der Waals surface area (Å²) in [6.07, 6.45) is 5.33. The Labute approximate surface area is 76.5 Å². The van der Waals surface area contributed by atoms with Crippen LogP contribution < -0.4 is 0 Å². The van der Waals surface area contributed by atoms with Gasteiger partial charge in [-0.1, -0.05) is 11.6 Å². The number of carboxylic acid groups (broad SMARTS) is 1. The number of carboxylic acids is 1. The molecule has 0 saturated carbocycles. The van der Waals surface area contributed by atoms with Gasteiger partial charge in [-0.2, -0.15) is 0 Å². The molecule has 0 radical (unpaired) electrons. The molecule has 4 nitrogen and oxygen atoms in total. The summed E-state index contributed by atoms with van der Waals surface area (Å²) in [6.45, 7) is 0. The molecule has 1 aromatic rings. The minimum Gasteiger partial charge on any atom is -0.481 e. The van der Waals surface area contributed by atoms with Crippen LogP contribution in [0.15, 0.2) is 16.9 Å². The maximum absolute atomic E-state index is 10.2. The van der Waals surface area contributed by atoms with Gasteiger partial charge in [-0.3, -0.25) is 4.79 Å². The Morgan fingerprint density at radius 3 is 2.92 bits per heavy atom. The normalized spacial score (nSPS) is 10.2. The molecule has 72 valence electrons. The van der Waals surface area contributed by atoms with Crippen LogP contribution in [0.2, 0.25) is 0 Å². The first-order valence-electron chi connectivity index (χ1n) is 4.40. The van der Waals surface area contributed by atoms with Crippen molar-refractivity contribution in [3.8, 4) is 0 Å². The van der Waals surface area contributed by atoms with Gasteiger partial charge in [0.25, 0.3) is 0 Å². The summed E-state index contributed by atoms with van der Waals surface area (Å²) in [6, 6.07) is 1.83. The van der Waals surface area contributed by atoms with E-state index < -0.39 is 5.97 Å². The minimum absolute atomic E-state index is 0.263. The molecule has 0 aliphatic heterocycles. The van der Waals surface area contributed by atoms with Gasteiger partial charge < -0.3 is 9.63 Å². The summed E-state index contributed by atoms with van der Waals surface area (Å²) >= 11 is 0. The second kappa shape index (κ2) is 5.35. The summed E-state index contributed by atoms with van der Waals surface area (Å²) in [4.78, 5) is 10.2. The third kappa shape index (κ3) is 4.30. The zero-order valence-corrected chi connectivity index (χ0v) is 7.40. The third-order valence-electron chi connectivity index (χ3n) is 1.81. The molecule has 0 aliphatic carbocycles. The molecular formula is C9H13NO3. The van der Waals surface area contributed by atoms with E-state index in [1.807, 2.05) is 6.07 Å². The fraction of sp³-hybridized carbons (Fsp3) is 0.556. The van der Waals surface area contributed by atoms with E-state index in [-0.39, 0.29) is 6.42 Å². The maximum atomic E-state index is 10.2. The molecule has 0 fully saturated rings. The number of aromatic nitrogens is 1. The van der Waals surface area contributed by atoms with Gasteiger partial charge in [0.15, 0.2) is 0 Å². The van der Waals surface area contributed by atoms with Crippen LogP contribution in [0.25, 0.3) is 0 Å². The van der Waals surface area contributed by atoms with Crippen LogP contribution in [0.3, 0.4) is 0 Å². The van der Waals surface area contributed by atoms with Gasteiger partial charge in [-0.25, -0.2) is 0 Å². The number of aryl methyl sites for hydroxylation is 1. The molecule has 0 amide bonds. The van der Waals surface area contributed by atoms with Crippen LogP contribution in [0.5, 0.6) is 0 Å². The van der Waals surface area contributed by atoms with Crippen LogP contribution in [-0.2, 0) is 11.2 Å². The van der Waals surface area contributed by atoms with Crippen LogP contribution in [-0.4, -0.2) is 16.2 Å². The lowest BCUT2D eigenvalue weighted by molar-refractivity contribution is -0.137. The Morgan fingerprint density at radius 1 is 1.46 bits per heavy atom. The quantitative estimate of drug-likeness (QED) is 0.684. The summed E-state index contributed by atoms with van der Waals surface area (Å²) in [7, 11) is 0. The van der Waals surface area contributed by atoms with Crippen molar-refractivity contribution in [3.05, 3.63) is 18.0 Å². The van der Waals surface area contributed by atoms with Crippen molar-refractivity contribution in [1.29, 1.82) is 0 Å². The van der Waals surface area contributed by atoms with Gasteiger partial charge in [0.05, 0.1) is 5.69 Å². The third-order valence-corrected chi connectivity index (χ3v) is 1.81. The maximum Gasteiger partial charge on any atom is 0.303 e. The van der Waals surface area contributed by atoms with E-state index >= 15 is 0 Å².